The predicted octanol–water partition coefficient (Wildman–Crippen LogP) is 5.20. The van der Waals surface area contributed by atoms with Crippen LogP contribution in [-0.4, -0.2) is 23.1 Å². The SMILES string of the molecule is Cc1cc(C)c(C2=C(O)[C@@H]3[C@@H]4O[C@@H](C[C@H]4/C=C/c4ccccc4)[C@@H]3C2=O)c(C)c1. The van der Waals surface area contributed by atoms with Gasteiger partial charge >= 0.3 is 0 Å². The smallest absolute Gasteiger partial charge is 0.173 e. The molecule has 2 bridgehead atoms. The number of carbonyl (C=O) groups excluding carboxylic acids is 1. The molecular formula is C26H26O3. The fourth-order valence-corrected chi connectivity index (χ4v) is 5.71. The summed E-state index contributed by atoms with van der Waals surface area (Å²) in [6, 6.07) is 14.4. The van der Waals surface area contributed by atoms with Gasteiger partial charge in [0.1, 0.15) is 5.76 Å². The largest absolute Gasteiger partial charge is 0.511 e. The maximum Gasteiger partial charge on any atom is 0.173 e. The van der Waals surface area contributed by atoms with E-state index in [0.717, 1.165) is 28.7 Å². The summed E-state index contributed by atoms with van der Waals surface area (Å²) in [4.78, 5) is 13.3. The number of hydrogen-bond acceptors (Lipinski definition) is 3. The summed E-state index contributed by atoms with van der Waals surface area (Å²) >= 11 is 0. The van der Waals surface area contributed by atoms with Gasteiger partial charge in [0.05, 0.1) is 29.6 Å². The van der Waals surface area contributed by atoms with Gasteiger partial charge in [0.15, 0.2) is 5.78 Å². The van der Waals surface area contributed by atoms with Crippen molar-refractivity contribution in [3.8, 4) is 0 Å². The number of hydrogen-bond donors (Lipinski definition) is 1. The van der Waals surface area contributed by atoms with Crippen molar-refractivity contribution in [2.24, 2.45) is 17.8 Å². The summed E-state index contributed by atoms with van der Waals surface area (Å²) in [5.74, 6) is 0.0510. The normalized spacial score (nSPS) is 30.6. The average molecular weight is 386 g/mol. The number of ketones is 1. The Morgan fingerprint density at radius 1 is 1.03 bits per heavy atom. The first-order chi connectivity index (χ1) is 14.0. The molecule has 2 aliphatic heterocycles. The lowest BCUT2D eigenvalue weighted by Crippen LogP contribution is -2.33. The summed E-state index contributed by atoms with van der Waals surface area (Å²) in [6.45, 7) is 6.10. The van der Waals surface area contributed by atoms with E-state index in [4.69, 9.17) is 4.74 Å². The van der Waals surface area contributed by atoms with Gasteiger partial charge in [-0.25, -0.2) is 0 Å². The van der Waals surface area contributed by atoms with Gasteiger partial charge in [-0.1, -0.05) is 60.2 Å². The average Bonchev–Trinajstić information content (AvgIpc) is 3.33. The van der Waals surface area contributed by atoms with Crippen molar-refractivity contribution in [3.63, 3.8) is 0 Å². The molecule has 5 rings (SSSR count). The van der Waals surface area contributed by atoms with Crippen LogP contribution in [0.5, 0.6) is 0 Å². The Hall–Kier alpha value is -2.65. The van der Waals surface area contributed by atoms with Crippen LogP contribution in [0.25, 0.3) is 11.6 Å². The Labute approximate surface area is 171 Å². The Morgan fingerprint density at radius 3 is 2.41 bits per heavy atom. The number of aliphatic hydroxyl groups excluding tert-OH is 1. The monoisotopic (exact) mass is 386 g/mol. The third-order valence-electron chi connectivity index (χ3n) is 6.78. The minimum atomic E-state index is -0.239. The molecule has 2 saturated heterocycles. The predicted molar refractivity (Wildman–Crippen MR) is 114 cm³/mol. The summed E-state index contributed by atoms with van der Waals surface area (Å²) in [5, 5.41) is 11.2. The molecule has 2 fully saturated rings. The van der Waals surface area contributed by atoms with E-state index in [0.29, 0.717) is 5.57 Å². The second-order valence-corrected chi connectivity index (χ2v) is 8.76. The van der Waals surface area contributed by atoms with Gasteiger partial charge in [-0.3, -0.25) is 4.79 Å². The van der Waals surface area contributed by atoms with Crippen molar-refractivity contribution in [1.82, 2.24) is 0 Å². The van der Waals surface area contributed by atoms with Gasteiger partial charge in [0, 0.05) is 5.92 Å². The van der Waals surface area contributed by atoms with E-state index in [1.807, 2.05) is 32.0 Å². The van der Waals surface area contributed by atoms with Gasteiger partial charge in [0.2, 0.25) is 0 Å². The zero-order valence-corrected chi connectivity index (χ0v) is 17.1. The molecule has 29 heavy (non-hydrogen) atoms. The van der Waals surface area contributed by atoms with Crippen LogP contribution in [-0.2, 0) is 9.53 Å². The molecule has 0 unspecified atom stereocenters. The van der Waals surface area contributed by atoms with Gasteiger partial charge in [0.25, 0.3) is 0 Å². The quantitative estimate of drug-likeness (QED) is 0.789. The van der Waals surface area contributed by atoms with Crippen LogP contribution in [0.2, 0.25) is 0 Å². The first kappa shape index (κ1) is 18.4. The molecule has 3 nitrogen and oxygen atoms in total. The highest BCUT2D eigenvalue weighted by molar-refractivity contribution is 6.26. The molecule has 0 aromatic heterocycles. The molecule has 0 saturated carbocycles. The number of fused-ring (bicyclic) bond motifs is 5. The van der Waals surface area contributed by atoms with E-state index in [-0.39, 0.29) is 41.5 Å². The van der Waals surface area contributed by atoms with Crippen LogP contribution in [0.1, 0.15) is 34.2 Å². The van der Waals surface area contributed by atoms with Crippen molar-refractivity contribution in [3.05, 3.63) is 82.1 Å². The topological polar surface area (TPSA) is 46.5 Å². The van der Waals surface area contributed by atoms with E-state index >= 15 is 0 Å². The van der Waals surface area contributed by atoms with Crippen molar-refractivity contribution in [1.29, 1.82) is 0 Å². The summed E-state index contributed by atoms with van der Waals surface area (Å²) in [7, 11) is 0. The fraction of sp³-hybridized carbons (Fsp3) is 0.346. The van der Waals surface area contributed by atoms with Gasteiger partial charge in [-0.2, -0.15) is 0 Å². The van der Waals surface area contributed by atoms with E-state index in [1.165, 1.54) is 5.56 Å². The number of aryl methyl sites for hydroxylation is 3. The number of aliphatic hydroxyl groups is 1. The molecule has 3 heteroatoms. The molecule has 1 aliphatic carbocycles. The zero-order chi connectivity index (χ0) is 20.3. The highest BCUT2D eigenvalue weighted by atomic mass is 16.5. The summed E-state index contributed by atoms with van der Waals surface area (Å²) in [6.07, 6.45) is 4.92. The third kappa shape index (κ3) is 2.79. The van der Waals surface area contributed by atoms with Crippen LogP contribution in [0.3, 0.4) is 0 Å². The van der Waals surface area contributed by atoms with E-state index in [2.05, 4.69) is 43.3 Å². The lowest BCUT2D eigenvalue weighted by Gasteiger charge is -2.25. The standard InChI is InChI=1S/C26H26O3/c1-14-11-15(2)20(16(3)12-14)22-24(27)21-19-13-18(26(29-19)23(21)25(22)28)10-9-17-7-5-4-6-8-17/h4-12,18-19,21,23,26,28H,13H2,1-3H3/b10-9+/t18-,19+,21+,23-,26-/m1/s1. The lowest BCUT2D eigenvalue weighted by atomic mass is 9.74. The Morgan fingerprint density at radius 2 is 1.72 bits per heavy atom. The van der Waals surface area contributed by atoms with Crippen LogP contribution >= 0.6 is 0 Å². The Kier molecular flexibility index (Phi) is 4.25. The number of carbonyl (C=O) groups is 1. The number of rotatable bonds is 3. The molecule has 2 aromatic rings. The Balaban J connectivity index is 1.49. The minimum absolute atomic E-state index is 0.0561. The maximum atomic E-state index is 13.3. The van der Waals surface area contributed by atoms with Gasteiger partial charge in [-0.05, 0) is 49.4 Å². The van der Waals surface area contributed by atoms with Crippen molar-refractivity contribution >= 4 is 17.4 Å². The fourth-order valence-electron chi connectivity index (χ4n) is 5.71. The second kappa shape index (κ2) is 6.70. The van der Waals surface area contributed by atoms with E-state index in [9.17, 15) is 9.90 Å². The zero-order valence-electron chi connectivity index (χ0n) is 17.1. The Bertz CT molecular complexity index is 1020. The molecule has 3 aliphatic rings. The van der Waals surface area contributed by atoms with Crippen LogP contribution < -0.4 is 0 Å². The molecule has 0 radical (unpaired) electrons. The second-order valence-electron chi connectivity index (χ2n) is 8.76. The highest BCUT2D eigenvalue weighted by Crippen LogP contribution is 2.56. The molecular weight excluding hydrogens is 360 g/mol. The van der Waals surface area contributed by atoms with E-state index in [1.54, 1.807) is 0 Å². The molecule has 2 heterocycles. The number of allylic oxidation sites excluding steroid dienone is 1. The minimum Gasteiger partial charge on any atom is -0.511 e. The number of benzene rings is 2. The molecule has 148 valence electrons. The van der Waals surface area contributed by atoms with E-state index < -0.39 is 0 Å². The summed E-state index contributed by atoms with van der Waals surface area (Å²) < 4.78 is 6.18. The first-order valence-corrected chi connectivity index (χ1v) is 10.4. The van der Waals surface area contributed by atoms with Crippen molar-refractivity contribution in [2.45, 2.75) is 39.4 Å². The van der Waals surface area contributed by atoms with Gasteiger partial charge in [-0.15, -0.1) is 0 Å². The van der Waals surface area contributed by atoms with Crippen molar-refractivity contribution < 1.29 is 14.6 Å². The molecule has 2 aromatic carbocycles. The molecule has 1 N–H and O–H groups in total. The third-order valence-corrected chi connectivity index (χ3v) is 6.78. The maximum absolute atomic E-state index is 13.3. The van der Waals surface area contributed by atoms with Crippen LogP contribution in [0, 0.1) is 38.5 Å². The van der Waals surface area contributed by atoms with Gasteiger partial charge < -0.3 is 9.84 Å². The molecule has 0 spiro atoms. The van der Waals surface area contributed by atoms with Crippen LogP contribution in [0.15, 0.2) is 54.3 Å². The number of Topliss-reactive ketones (excluding diaryl/α,β-unsaturated/α-hetero) is 1. The highest BCUT2D eigenvalue weighted by Gasteiger charge is 2.61. The summed E-state index contributed by atoms with van der Waals surface area (Å²) in [5.41, 5.74) is 5.85. The number of ether oxygens (including phenoxy) is 1. The molecule has 0 amide bonds. The lowest BCUT2D eigenvalue weighted by molar-refractivity contribution is -0.118. The van der Waals surface area contributed by atoms with Crippen molar-refractivity contribution in [2.75, 3.05) is 0 Å². The van der Waals surface area contributed by atoms with Crippen LogP contribution in [0.4, 0.5) is 0 Å². The first-order valence-electron chi connectivity index (χ1n) is 10.4. The molecule has 5 atom stereocenters.